The number of pyridine rings is 1. The lowest BCUT2D eigenvalue weighted by Crippen LogP contribution is -2.05. The van der Waals surface area contributed by atoms with Crippen LogP contribution in [0.15, 0.2) is 23.4 Å². The molecule has 5 heteroatoms. The number of hydrogen-bond acceptors (Lipinski definition) is 4. The van der Waals surface area contributed by atoms with Gasteiger partial charge in [-0.15, -0.1) is 0 Å². The number of aromatic nitrogens is 1. The molecule has 1 saturated carbocycles. The van der Waals surface area contributed by atoms with Crippen molar-refractivity contribution in [2.45, 2.75) is 17.9 Å². The van der Waals surface area contributed by atoms with Crippen molar-refractivity contribution in [3.05, 3.63) is 18.3 Å². The van der Waals surface area contributed by atoms with Crippen molar-refractivity contribution in [1.29, 1.82) is 0 Å². The zero-order valence-corrected chi connectivity index (χ0v) is 9.42. The minimum atomic E-state index is -3.18. The molecule has 1 aromatic heterocycles. The van der Waals surface area contributed by atoms with Crippen molar-refractivity contribution in [3.8, 4) is 0 Å². The molecule has 4 nitrogen and oxygen atoms in total. The van der Waals surface area contributed by atoms with E-state index in [4.69, 9.17) is 0 Å². The molecule has 0 amide bonds. The molecule has 0 atom stereocenters. The van der Waals surface area contributed by atoms with Gasteiger partial charge in [-0.1, -0.05) is 0 Å². The molecule has 0 aliphatic heterocycles. The lowest BCUT2D eigenvalue weighted by atomic mass is 10.4. The van der Waals surface area contributed by atoms with Crippen LogP contribution in [0.4, 0.5) is 5.69 Å². The van der Waals surface area contributed by atoms with Crippen molar-refractivity contribution in [2.24, 2.45) is 5.92 Å². The van der Waals surface area contributed by atoms with Gasteiger partial charge in [-0.3, -0.25) is 0 Å². The van der Waals surface area contributed by atoms with E-state index in [2.05, 4.69) is 10.3 Å². The third kappa shape index (κ3) is 2.92. The second-order valence-corrected chi connectivity index (χ2v) is 5.94. The first-order valence-electron chi connectivity index (χ1n) is 4.96. The first kappa shape index (κ1) is 10.4. The van der Waals surface area contributed by atoms with E-state index in [1.54, 1.807) is 12.3 Å². The highest BCUT2D eigenvalue weighted by Gasteiger charge is 2.20. The van der Waals surface area contributed by atoms with E-state index in [0.29, 0.717) is 0 Å². The van der Waals surface area contributed by atoms with Crippen LogP contribution in [0.1, 0.15) is 12.8 Å². The summed E-state index contributed by atoms with van der Waals surface area (Å²) in [6, 6.07) is 3.29. The molecule has 15 heavy (non-hydrogen) atoms. The Labute approximate surface area is 89.6 Å². The van der Waals surface area contributed by atoms with Gasteiger partial charge >= 0.3 is 0 Å². The Kier molecular flexibility index (Phi) is 2.65. The molecular formula is C10H14N2O2S. The molecule has 2 rings (SSSR count). The van der Waals surface area contributed by atoms with E-state index in [0.717, 1.165) is 24.4 Å². The Morgan fingerprint density at radius 1 is 1.47 bits per heavy atom. The lowest BCUT2D eigenvalue weighted by molar-refractivity contribution is 0.598. The zero-order chi connectivity index (χ0) is 10.9. The van der Waals surface area contributed by atoms with E-state index in [-0.39, 0.29) is 5.03 Å². The monoisotopic (exact) mass is 226 g/mol. The SMILES string of the molecule is CS(=O)(=O)c1ccc(NCC2CC2)cn1. The van der Waals surface area contributed by atoms with Crippen LogP contribution in [-0.2, 0) is 9.84 Å². The summed E-state index contributed by atoms with van der Waals surface area (Å²) in [5.41, 5.74) is 0.884. The van der Waals surface area contributed by atoms with Gasteiger partial charge in [0.25, 0.3) is 0 Å². The van der Waals surface area contributed by atoms with Crippen LogP contribution in [0.2, 0.25) is 0 Å². The van der Waals surface area contributed by atoms with E-state index >= 15 is 0 Å². The fraction of sp³-hybridized carbons (Fsp3) is 0.500. The molecule has 1 heterocycles. The molecule has 0 saturated heterocycles. The van der Waals surface area contributed by atoms with Gasteiger partial charge in [0, 0.05) is 12.8 Å². The van der Waals surface area contributed by atoms with Gasteiger partial charge in [-0.05, 0) is 30.9 Å². The van der Waals surface area contributed by atoms with Crippen LogP contribution >= 0.6 is 0 Å². The number of sulfone groups is 1. The van der Waals surface area contributed by atoms with Crippen LogP contribution in [0, 0.1) is 5.92 Å². The molecule has 1 aromatic rings. The van der Waals surface area contributed by atoms with Crippen molar-refractivity contribution in [1.82, 2.24) is 4.98 Å². The third-order valence-electron chi connectivity index (χ3n) is 2.41. The minimum Gasteiger partial charge on any atom is -0.384 e. The summed E-state index contributed by atoms with van der Waals surface area (Å²) >= 11 is 0. The van der Waals surface area contributed by atoms with Crippen molar-refractivity contribution < 1.29 is 8.42 Å². The van der Waals surface area contributed by atoms with Crippen LogP contribution in [-0.4, -0.2) is 26.2 Å². The number of nitrogens with one attached hydrogen (secondary N) is 1. The maximum Gasteiger partial charge on any atom is 0.192 e. The van der Waals surface area contributed by atoms with Gasteiger partial charge < -0.3 is 5.32 Å². The third-order valence-corrected chi connectivity index (χ3v) is 3.41. The molecule has 1 fully saturated rings. The predicted octanol–water partition coefficient (Wildman–Crippen LogP) is 1.31. The molecule has 1 N–H and O–H groups in total. The number of hydrogen-bond donors (Lipinski definition) is 1. The summed E-state index contributed by atoms with van der Waals surface area (Å²) in [7, 11) is -3.18. The molecular weight excluding hydrogens is 212 g/mol. The fourth-order valence-electron chi connectivity index (χ4n) is 1.29. The second-order valence-electron chi connectivity index (χ2n) is 3.98. The van der Waals surface area contributed by atoms with Crippen LogP contribution in [0.5, 0.6) is 0 Å². The van der Waals surface area contributed by atoms with E-state index in [1.807, 2.05) is 0 Å². The largest absolute Gasteiger partial charge is 0.384 e. The second kappa shape index (κ2) is 3.81. The first-order chi connectivity index (χ1) is 7.05. The Morgan fingerprint density at radius 2 is 2.20 bits per heavy atom. The average molecular weight is 226 g/mol. The summed E-state index contributed by atoms with van der Waals surface area (Å²) < 4.78 is 22.3. The molecule has 0 radical (unpaired) electrons. The number of nitrogens with zero attached hydrogens (tertiary/aromatic N) is 1. The minimum absolute atomic E-state index is 0.125. The fourth-order valence-corrected chi connectivity index (χ4v) is 1.85. The van der Waals surface area contributed by atoms with Crippen LogP contribution in [0.25, 0.3) is 0 Å². The highest BCUT2D eigenvalue weighted by atomic mass is 32.2. The van der Waals surface area contributed by atoms with E-state index in [9.17, 15) is 8.42 Å². The Hall–Kier alpha value is -1.10. The Bertz CT molecular complexity index is 435. The molecule has 0 bridgehead atoms. The average Bonchev–Trinajstić information content (AvgIpc) is 2.97. The Balaban J connectivity index is 2.02. The zero-order valence-electron chi connectivity index (χ0n) is 8.60. The van der Waals surface area contributed by atoms with Gasteiger partial charge in [0.15, 0.2) is 14.9 Å². The van der Waals surface area contributed by atoms with E-state index < -0.39 is 9.84 Å². The lowest BCUT2D eigenvalue weighted by Gasteiger charge is -2.04. The predicted molar refractivity (Wildman–Crippen MR) is 58.6 cm³/mol. The normalized spacial score (nSPS) is 16.3. The summed E-state index contributed by atoms with van der Waals surface area (Å²) in [6.07, 6.45) is 5.31. The highest BCUT2D eigenvalue weighted by Crippen LogP contribution is 2.28. The number of anilines is 1. The topological polar surface area (TPSA) is 59.1 Å². The Morgan fingerprint density at radius 3 is 2.67 bits per heavy atom. The van der Waals surface area contributed by atoms with Crippen molar-refractivity contribution in [2.75, 3.05) is 18.1 Å². The molecule has 0 aromatic carbocycles. The van der Waals surface area contributed by atoms with Gasteiger partial charge in [0.05, 0.1) is 11.9 Å². The molecule has 1 aliphatic carbocycles. The van der Waals surface area contributed by atoms with Crippen LogP contribution in [0.3, 0.4) is 0 Å². The van der Waals surface area contributed by atoms with Crippen molar-refractivity contribution >= 4 is 15.5 Å². The maximum absolute atomic E-state index is 11.1. The van der Waals surface area contributed by atoms with E-state index in [1.165, 1.54) is 18.9 Å². The summed E-state index contributed by atoms with van der Waals surface area (Å²) in [4.78, 5) is 3.90. The van der Waals surface area contributed by atoms with Crippen LogP contribution < -0.4 is 5.32 Å². The van der Waals surface area contributed by atoms with Gasteiger partial charge in [0.1, 0.15) is 0 Å². The van der Waals surface area contributed by atoms with Gasteiger partial charge in [0.2, 0.25) is 0 Å². The molecule has 82 valence electrons. The molecule has 1 aliphatic rings. The maximum atomic E-state index is 11.1. The highest BCUT2D eigenvalue weighted by molar-refractivity contribution is 7.90. The smallest absolute Gasteiger partial charge is 0.192 e. The van der Waals surface area contributed by atoms with Crippen molar-refractivity contribution in [3.63, 3.8) is 0 Å². The van der Waals surface area contributed by atoms with Gasteiger partial charge in [-0.2, -0.15) is 0 Å². The molecule has 0 unspecified atom stereocenters. The summed E-state index contributed by atoms with van der Waals surface area (Å²) in [6.45, 7) is 0.958. The van der Waals surface area contributed by atoms with Gasteiger partial charge in [-0.25, -0.2) is 13.4 Å². The summed E-state index contributed by atoms with van der Waals surface area (Å²) in [5, 5.41) is 3.35. The number of rotatable bonds is 4. The first-order valence-corrected chi connectivity index (χ1v) is 6.85. The summed E-state index contributed by atoms with van der Waals surface area (Å²) in [5.74, 6) is 0.791. The molecule has 0 spiro atoms. The quantitative estimate of drug-likeness (QED) is 0.841. The standard InChI is InChI=1S/C10H14N2O2S/c1-15(13,14)10-5-4-9(7-12-10)11-6-8-2-3-8/h4-5,7-8,11H,2-3,6H2,1H3.